The van der Waals surface area contributed by atoms with Gasteiger partial charge >= 0.3 is 5.69 Å². The maximum absolute atomic E-state index is 12.3. The number of hydrogen-bond acceptors (Lipinski definition) is 8. The van der Waals surface area contributed by atoms with Crippen molar-refractivity contribution in [2.24, 2.45) is 11.8 Å². The average Bonchev–Trinajstić information content (AvgIpc) is 3.29. The Morgan fingerprint density at radius 2 is 1.97 bits per heavy atom. The molecule has 3 fully saturated rings. The molecule has 1 aliphatic heterocycles. The molecule has 7 atom stereocenters. The van der Waals surface area contributed by atoms with E-state index in [0.717, 1.165) is 24.7 Å². The molecule has 2 aromatic heterocycles. The molecule has 10 nitrogen and oxygen atoms in total. The molecule has 1 saturated heterocycles. The number of aliphatic hydroxyl groups excluding tert-OH is 3. The lowest BCUT2D eigenvalue weighted by molar-refractivity contribution is -0.0511. The lowest BCUT2D eigenvalue weighted by Crippen LogP contribution is -2.35. The fourth-order valence-corrected chi connectivity index (χ4v) is 5.54. The second-order valence-electron chi connectivity index (χ2n) is 8.93. The molecule has 5 rings (SSSR count). The van der Waals surface area contributed by atoms with E-state index in [1.165, 1.54) is 43.0 Å². The van der Waals surface area contributed by atoms with Crippen molar-refractivity contribution in [2.75, 3.05) is 11.9 Å². The number of fused-ring (bicyclic) bond motifs is 2. The molecule has 2 saturated carbocycles. The van der Waals surface area contributed by atoms with Gasteiger partial charge in [0.2, 0.25) is 0 Å². The second kappa shape index (κ2) is 7.92. The van der Waals surface area contributed by atoms with E-state index in [4.69, 9.17) is 4.74 Å². The molecular weight excluding hydrogens is 390 g/mol. The molecule has 10 heteroatoms. The van der Waals surface area contributed by atoms with Crippen LogP contribution < -0.4 is 11.0 Å². The Morgan fingerprint density at radius 3 is 2.73 bits per heavy atom. The maximum atomic E-state index is 12.3. The van der Waals surface area contributed by atoms with Gasteiger partial charge in [-0.1, -0.05) is 25.7 Å². The summed E-state index contributed by atoms with van der Waals surface area (Å²) in [5.41, 5.74) is 0.227. The van der Waals surface area contributed by atoms with Gasteiger partial charge in [0.05, 0.1) is 12.9 Å². The van der Waals surface area contributed by atoms with Gasteiger partial charge in [-0.2, -0.15) is 4.98 Å². The third kappa shape index (κ3) is 3.41. The van der Waals surface area contributed by atoms with Crippen molar-refractivity contribution in [1.82, 2.24) is 19.5 Å². The molecule has 164 valence electrons. The number of ether oxygens (including phenoxy) is 1. The predicted molar refractivity (Wildman–Crippen MR) is 108 cm³/mol. The summed E-state index contributed by atoms with van der Waals surface area (Å²) in [6.07, 6.45) is 5.67. The van der Waals surface area contributed by atoms with Crippen molar-refractivity contribution < 1.29 is 20.1 Å². The number of nitrogens with one attached hydrogen (secondary N) is 2. The molecule has 5 N–H and O–H groups in total. The van der Waals surface area contributed by atoms with E-state index in [0.29, 0.717) is 11.3 Å². The summed E-state index contributed by atoms with van der Waals surface area (Å²) >= 11 is 0. The zero-order valence-electron chi connectivity index (χ0n) is 16.8. The van der Waals surface area contributed by atoms with E-state index in [2.05, 4.69) is 20.3 Å². The minimum Gasteiger partial charge on any atom is -0.394 e. The Kier molecular flexibility index (Phi) is 5.26. The van der Waals surface area contributed by atoms with Gasteiger partial charge in [-0.25, -0.2) is 9.78 Å². The molecule has 2 aromatic rings. The topological polar surface area (TPSA) is 146 Å². The highest BCUT2D eigenvalue weighted by atomic mass is 16.6. The van der Waals surface area contributed by atoms with Gasteiger partial charge in [-0.3, -0.25) is 9.55 Å². The van der Waals surface area contributed by atoms with Crippen molar-refractivity contribution in [3.63, 3.8) is 0 Å². The first-order valence-electron chi connectivity index (χ1n) is 10.9. The fraction of sp³-hybridized carbons (Fsp3) is 0.750. The van der Waals surface area contributed by atoms with Gasteiger partial charge in [0.1, 0.15) is 29.6 Å². The van der Waals surface area contributed by atoms with Gasteiger partial charge in [0.25, 0.3) is 0 Å². The van der Waals surface area contributed by atoms with Crippen LogP contribution in [0.2, 0.25) is 0 Å². The Labute approximate surface area is 173 Å². The Morgan fingerprint density at radius 1 is 1.17 bits per heavy atom. The number of H-pyrrole nitrogens is 1. The van der Waals surface area contributed by atoms with Gasteiger partial charge in [0, 0.05) is 6.04 Å². The van der Waals surface area contributed by atoms with E-state index in [1.54, 1.807) is 0 Å². The third-order valence-corrected chi connectivity index (χ3v) is 7.12. The number of nitrogens with zero attached hydrogens (tertiary/aromatic N) is 3. The average molecular weight is 419 g/mol. The van der Waals surface area contributed by atoms with E-state index in [-0.39, 0.29) is 11.7 Å². The van der Waals surface area contributed by atoms with Gasteiger partial charge in [-0.15, -0.1) is 0 Å². The number of anilines is 1. The highest BCUT2D eigenvalue weighted by Crippen LogP contribution is 2.41. The quantitative estimate of drug-likeness (QED) is 0.482. The zero-order valence-corrected chi connectivity index (χ0v) is 16.8. The molecule has 0 radical (unpaired) electrons. The maximum Gasteiger partial charge on any atom is 0.348 e. The Bertz CT molecular complexity index is 961. The molecule has 0 bridgehead atoms. The fourth-order valence-electron chi connectivity index (χ4n) is 5.54. The normalized spacial score (nSPS) is 36.7. The van der Waals surface area contributed by atoms with Crippen LogP contribution in [-0.4, -0.2) is 65.8 Å². The van der Waals surface area contributed by atoms with Crippen LogP contribution in [0.1, 0.15) is 51.2 Å². The number of hydrogen-bond donors (Lipinski definition) is 5. The monoisotopic (exact) mass is 419 g/mol. The van der Waals surface area contributed by atoms with E-state index >= 15 is 0 Å². The molecule has 30 heavy (non-hydrogen) atoms. The number of aliphatic hydroxyl groups is 3. The molecule has 0 aromatic carbocycles. The Hall–Kier alpha value is -2.01. The minimum absolute atomic E-state index is 0.266. The van der Waals surface area contributed by atoms with Crippen LogP contribution in [0.15, 0.2) is 11.1 Å². The molecule has 2 aliphatic carbocycles. The SMILES string of the molecule is O=c1nc2c(ncn2[C@@H]2O[C@H](CO)[C@@H](O)[C@H]2O)c(NC2CCC3CCCCC3C2)[nH]1. The van der Waals surface area contributed by atoms with Crippen molar-refractivity contribution in [2.45, 2.75) is 75.5 Å². The third-order valence-electron chi connectivity index (χ3n) is 7.12. The summed E-state index contributed by atoms with van der Waals surface area (Å²) in [5.74, 6) is 2.10. The predicted octanol–water partition coefficient (Wildman–Crippen LogP) is 0.502. The zero-order chi connectivity index (χ0) is 20.8. The smallest absolute Gasteiger partial charge is 0.348 e. The van der Waals surface area contributed by atoms with Crippen LogP contribution in [-0.2, 0) is 4.74 Å². The van der Waals surface area contributed by atoms with Gasteiger partial charge in [0.15, 0.2) is 11.9 Å². The van der Waals surface area contributed by atoms with Crippen LogP contribution in [0.5, 0.6) is 0 Å². The second-order valence-corrected chi connectivity index (χ2v) is 8.93. The van der Waals surface area contributed by atoms with Crippen molar-refractivity contribution in [3.8, 4) is 0 Å². The van der Waals surface area contributed by atoms with Gasteiger partial charge in [-0.05, 0) is 31.1 Å². The van der Waals surface area contributed by atoms with Crippen LogP contribution in [0.25, 0.3) is 11.2 Å². The summed E-state index contributed by atoms with van der Waals surface area (Å²) in [6, 6.07) is 0.268. The standard InChI is InChI=1S/C20H29N5O5/c26-8-13-15(27)16(28)19(30-13)25-9-21-14-17(23-20(29)24-18(14)25)22-12-6-5-10-3-1-2-4-11(10)7-12/h9-13,15-16,19,26-28H,1-8H2,(H2,22,23,24,29)/t10?,11?,12?,13-,15-,16-,19-/m1/s1. The largest absolute Gasteiger partial charge is 0.394 e. The summed E-state index contributed by atoms with van der Waals surface area (Å²) in [6.45, 7) is -0.425. The minimum atomic E-state index is -1.27. The van der Waals surface area contributed by atoms with Crippen LogP contribution in [0.4, 0.5) is 5.82 Å². The van der Waals surface area contributed by atoms with Gasteiger partial charge < -0.3 is 25.4 Å². The summed E-state index contributed by atoms with van der Waals surface area (Å²) in [4.78, 5) is 23.5. The molecule has 0 amide bonds. The first-order valence-corrected chi connectivity index (χ1v) is 10.9. The lowest BCUT2D eigenvalue weighted by Gasteiger charge is -2.39. The molecule has 3 heterocycles. The van der Waals surface area contributed by atoms with E-state index in [1.807, 2.05) is 0 Å². The lowest BCUT2D eigenvalue weighted by atomic mass is 9.69. The molecule has 3 aliphatic rings. The first-order chi connectivity index (χ1) is 14.5. The molecule has 3 unspecified atom stereocenters. The first kappa shape index (κ1) is 19.9. The summed E-state index contributed by atoms with van der Waals surface area (Å²) < 4.78 is 7.02. The number of rotatable bonds is 4. The van der Waals surface area contributed by atoms with Crippen molar-refractivity contribution >= 4 is 17.0 Å². The molecule has 0 spiro atoms. The summed E-state index contributed by atoms with van der Waals surface area (Å²) in [5, 5.41) is 33.2. The van der Waals surface area contributed by atoms with Crippen LogP contribution in [0.3, 0.4) is 0 Å². The van der Waals surface area contributed by atoms with E-state index in [9.17, 15) is 20.1 Å². The number of aromatic amines is 1. The molecular formula is C20H29N5O5. The highest BCUT2D eigenvalue weighted by molar-refractivity contribution is 5.82. The Balaban J connectivity index is 1.41. The van der Waals surface area contributed by atoms with E-state index < -0.39 is 36.8 Å². The van der Waals surface area contributed by atoms with Crippen molar-refractivity contribution in [1.29, 1.82) is 0 Å². The number of imidazole rings is 1. The summed E-state index contributed by atoms with van der Waals surface area (Å²) in [7, 11) is 0. The number of aromatic nitrogens is 4. The van der Waals surface area contributed by atoms with Crippen LogP contribution in [0, 0.1) is 11.8 Å². The van der Waals surface area contributed by atoms with Crippen LogP contribution >= 0.6 is 0 Å². The van der Waals surface area contributed by atoms with Crippen molar-refractivity contribution in [3.05, 3.63) is 16.8 Å². The highest BCUT2D eigenvalue weighted by Gasteiger charge is 2.44.